The molecule has 0 aromatic rings. The van der Waals surface area contributed by atoms with Crippen LogP contribution in [0.1, 0.15) is 45.4 Å². The van der Waals surface area contributed by atoms with Crippen molar-refractivity contribution in [3.63, 3.8) is 0 Å². The average Bonchev–Trinajstić information content (AvgIpc) is 2.08. The van der Waals surface area contributed by atoms with Crippen molar-refractivity contribution in [1.29, 1.82) is 0 Å². The second-order valence-corrected chi connectivity index (χ2v) is 3.83. The van der Waals surface area contributed by atoms with Gasteiger partial charge < -0.3 is 9.84 Å². The van der Waals surface area contributed by atoms with Crippen LogP contribution in [0.25, 0.3) is 0 Å². The van der Waals surface area contributed by atoms with Gasteiger partial charge in [0.15, 0.2) is 0 Å². The topological polar surface area (TPSA) is 63.6 Å². The summed E-state index contributed by atoms with van der Waals surface area (Å²) < 4.78 is 5.00. The normalized spacial score (nSPS) is 18.4. The monoisotopic (exact) mass is 200 g/mol. The summed E-state index contributed by atoms with van der Waals surface area (Å²) in [6.45, 7) is 2.06. The fraction of sp³-hybridized carbons (Fsp3) is 0.800. The van der Waals surface area contributed by atoms with E-state index in [9.17, 15) is 9.59 Å². The predicted octanol–water partition coefficient (Wildman–Crippen LogP) is 1.73. The van der Waals surface area contributed by atoms with Gasteiger partial charge in [-0.05, 0) is 32.1 Å². The third-order valence-electron chi connectivity index (χ3n) is 2.73. The first-order valence-electron chi connectivity index (χ1n) is 5.06. The van der Waals surface area contributed by atoms with E-state index in [0.29, 0.717) is 0 Å². The van der Waals surface area contributed by atoms with Crippen molar-refractivity contribution in [1.82, 2.24) is 0 Å². The van der Waals surface area contributed by atoms with Crippen LogP contribution in [0.5, 0.6) is 0 Å². The zero-order valence-electron chi connectivity index (χ0n) is 8.41. The van der Waals surface area contributed by atoms with Gasteiger partial charge in [-0.3, -0.25) is 0 Å². The lowest BCUT2D eigenvalue weighted by molar-refractivity contribution is -0.182. The molecule has 1 aliphatic carbocycles. The maximum absolute atomic E-state index is 10.9. The number of carbonyl (C=O) groups is 2. The summed E-state index contributed by atoms with van der Waals surface area (Å²) in [5, 5.41) is 8.42. The lowest BCUT2D eigenvalue weighted by Gasteiger charge is -2.40. The van der Waals surface area contributed by atoms with Crippen LogP contribution >= 0.6 is 0 Å². The quantitative estimate of drug-likeness (QED) is 0.554. The summed E-state index contributed by atoms with van der Waals surface area (Å²) in [5.41, 5.74) is -0.453. The molecule has 0 saturated heterocycles. The van der Waals surface area contributed by atoms with E-state index in [1.165, 1.54) is 0 Å². The third-order valence-corrected chi connectivity index (χ3v) is 2.73. The molecule has 0 radical (unpaired) electrons. The molecular weight excluding hydrogens is 184 g/mol. The molecule has 0 bridgehead atoms. The van der Waals surface area contributed by atoms with Gasteiger partial charge in [-0.25, -0.2) is 9.59 Å². The van der Waals surface area contributed by atoms with E-state index in [4.69, 9.17) is 9.84 Å². The minimum atomic E-state index is -1.49. The van der Waals surface area contributed by atoms with Crippen LogP contribution in [0.4, 0.5) is 0 Å². The Balaban J connectivity index is 2.45. The number of ether oxygens (including phenoxy) is 1. The van der Waals surface area contributed by atoms with Crippen LogP contribution in [0, 0.1) is 0 Å². The standard InChI is InChI=1S/C10H16O4/c1-2-3-5-10(6-4-7-10)14-9(13)8(11)12/h2-7H2,1H3,(H,11,12). The molecule has 1 rings (SSSR count). The molecule has 4 nitrogen and oxygen atoms in total. The Labute approximate surface area is 83.2 Å². The summed E-state index contributed by atoms with van der Waals surface area (Å²) in [5.74, 6) is -2.60. The number of hydrogen-bond acceptors (Lipinski definition) is 3. The maximum atomic E-state index is 10.9. The molecule has 0 amide bonds. The van der Waals surface area contributed by atoms with Gasteiger partial charge in [0.25, 0.3) is 0 Å². The van der Waals surface area contributed by atoms with Gasteiger partial charge in [0.05, 0.1) is 0 Å². The highest BCUT2D eigenvalue weighted by atomic mass is 16.6. The Hall–Kier alpha value is -1.06. The summed E-state index contributed by atoms with van der Waals surface area (Å²) >= 11 is 0. The molecule has 0 aromatic heterocycles. The van der Waals surface area contributed by atoms with Crippen LogP contribution in [0.2, 0.25) is 0 Å². The molecular formula is C10H16O4. The molecule has 4 heteroatoms. The molecule has 1 saturated carbocycles. The van der Waals surface area contributed by atoms with Crippen LogP contribution < -0.4 is 0 Å². The summed E-state index contributed by atoms with van der Waals surface area (Å²) in [6.07, 6.45) is 5.45. The molecule has 0 heterocycles. The molecule has 1 fully saturated rings. The number of unbranched alkanes of at least 4 members (excludes halogenated alkanes) is 1. The van der Waals surface area contributed by atoms with E-state index in [1.807, 2.05) is 0 Å². The first-order valence-corrected chi connectivity index (χ1v) is 5.06. The number of carbonyl (C=O) groups excluding carboxylic acids is 1. The lowest BCUT2D eigenvalue weighted by atomic mass is 9.76. The van der Waals surface area contributed by atoms with Gasteiger partial charge >= 0.3 is 11.9 Å². The van der Waals surface area contributed by atoms with E-state index in [-0.39, 0.29) is 0 Å². The van der Waals surface area contributed by atoms with E-state index >= 15 is 0 Å². The number of carboxylic acids is 1. The highest BCUT2D eigenvalue weighted by Gasteiger charge is 2.41. The molecule has 0 atom stereocenters. The third kappa shape index (κ3) is 2.47. The SMILES string of the molecule is CCCCC1(OC(=O)C(=O)O)CCC1. The summed E-state index contributed by atoms with van der Waals surface area (Å²) in [6, 6.07) is 0. The summed E-state index contributed by atoms with van der Waals surface area (Å²) in [7, 11) is 0. The fourth-order valence-electron chi connectivity index (χ4n) is 1.71. The molecule has 0 aliphatic heterocycles. The molecule has 0 aromatic carbocycles. The first-order chi connectivity index (χ1) is 6.59. The zero-order valence-corrected chi connectivity index (χ0v) is 8.41. The van der Waals surface area contributed by atoms with Gasteiger partial charge in [-0.1, -0.05) is 13.3 Å². The highest BCUT2D eigenvalue weighted by molar-refractivity contribution is 6.28. The number of rotatable bonds is 4. The molecule has 1 aliphatic rings. The Morgan fingerprint density at radius 2 is 2.07 bits per heavy atom. The minimum Gasteiger partial charge on any atom is -0.473 e. The molecule has 0 unspecified atom stereocenters. The number of esters is 1. The van der Waals surface area contributed by atoms with E-state index < -0.39 is 17.5 Å². The van der Waals surface area contributed by atoms with Gasteiger partial charge in [0, 0.05) is 0 Å². The van der Waals surface area contributed by atoms with Crippen molar-refractivity contribution in [3.05, 3.63) is 0 Å². The second kappa shape index (κ2) is 4.44. The molecule has 0 spiro atoms. The van der Waals surface area contributed by atoms with Gasteiger partial charge in [-0.15, -0.1) is 0 Å². The van der Waals surface area contributed by atoms with Crippen molar-refractivity contribution in [3.8, 4) is 0 Å². The van der Waals surface area contributed by atoms with Gasteiger partial charge in [-0.2, -0.15) is 0 Å². The van der Waals surface area contributed by atoms with E-state index in [2.05, 4.69) is 6.92 Å². The second-order valence-electron chi connectivity index (χ2n) is 3.83. The Morgan fingerprint density at radius 3 is 2.43 bits per heavy atom. The first kappa shape index (κ1) is 11.0. The Bertz CT molecular complexity index is 230. The fourth-order valence-corrected chi connectivity index (χ4v) is 1.71. The minimum absolute atomic E-state index is 0.453. The largest absolute Gasteiger partial charge is 0.473 e. The van der Waals surface area contributed by atoms with Crippen molar-refractivity contribution >= 4 is 11.9 Å². The summed E-state index contributed by atoms with van der Waals surface area (Å²) in [4.78, 5) is 21.2. The van der Waals surface area contributed by atoms with E-state index in [1.54, 1.807) is 0 Å². The van der Waals surface area contributed by atoms with Crippen LogP contribution in [0.15, 0.2) is 0 Å². The average molecular weight is 200 g/mol. The van der Waals surface area contributed by atoms with Crippen LogP contribution in [-0.2, 0) is 14.3 Å². The van der Waals surface area contributed by atoms with Crippen LogP contribution in [0.3, 0.4) is 0 Å². The van der Waals surface area contributed by atoms with Gasteiger partial charge in [0.2, 0.25) is 0 Å². The molecule has 1 N–H and O–H groups in total. The highest BCUT2D eigenvalue weighted by Crippen LogP contribution is 2.39. The smallest absolute Gasteiger partial charge is 0.417 e. The molecule has 14 heavy (non-hydrogen) atoms. The van der Waals surface area contributed by atoms with Crippen LogP contribution in [-0.4, -0.2) is 22.6 Å². The predicted molar refractivity (Wildman–Crippen MR) is 49.8 cm³/mol. The van der Waals surface area contributed by atoms with Gasteiger partial charge in [0.1, 0.15) is 5.60 Å². The number of carboxylic acid groups (broad SMARTS) is 1. The molecule has 80 valence electrons. The number of aliphatic carboxylic acids is 1. The Kier molecular flexibility index (Phi) is 3.49. The zero-order chi connectivity index (χ0) is 10.6. The van der Waals surface area contributed by atoms with Crippen molar-refractivity contribution in [2.75, 3.05) is 0 Å². The van der Waals surface area contributed by atoms with Crippen molar-refractivity contribution in [2.45, 2.75) is 51.0 Å². The van der Waals surface area contributed by atoms with E-state index in [0.717, 1.165) is 38.5 Å². The van der Waals surface area contributed by atoms with Crippen molar-refractivity contribution in [2.24, 2.45) is 0 Å². The number of hydrogen-bond donors (Lipinski definition) is 1. The lowest BCUT2D eigenvalue weighted by Crippen LogP contribution is -2.43. The maximum Gasteiger partial charge on any atom is 0.417 e. The Morgan fingerprint density at radius 1 is 1.43 bits per heavy atom. The van der Waals surface area contributed by atoms with Crippen molar-refractivity contribution < 1.29 is 19.4 Å².